The van der Waals surface area contributed by atoms with Crippen LogP contribution < -0.4 is 21.9 Å². The van der Waals surface area contributed by atoms with Crippen LogP contribution in [-0.2, 0) is 92.4 Å². The summed E-state index contributed by atoms with van der Waals surface area (Å²) in [5, 5.41) is 80.4. The number of carboxylic acids is 3. The molecule has 1 aliphatic heterocycles. The van der Waals surface area contributed by atoms with Crippen molar-refractivity contribution in [1.29, 1.82) is 0 Å². The molecule has 2 amide bonds. The Morgan fingerprint density at radius 3 is 1.20 bits per heavy atom. The zero-order chi connectivity index (χ0) is 101. The zero-order valence-corrected chi connectivity index (χ0v) is 83.5. The Hall–Kier alpha value is -9.77. The van der Waals surface area contributed by atoms with Gasteiger partial charge in [-0.05, 0) is 142 Å². The number of carboxylic acid groups (broad SMARTS) is 3. The Balaban J connectivity index is 0. The van der Waals surface area contributed by atoms with E-state index in [9.17, 15) is 87.5 Å². The van der Waals surface area contributed by atoms with Crippen molar-refractivity contribution < 1.29 is 113 Å². The molecule has 1 fully saturated rings. The molecular formula is C101H158N6O25S2. The van der Waals surface area contributed by atoms with Crippen molar-refractivity contribution in [3.05, 3.63) is 161 Å². The molecule has 0 bridgehead atoms. The van der Waals surface area contributed by atoms with Gasteiger partial charge in [-0.2, -0.15) is 0 Å². The van der Waals surface area contributed by atoms with E-state index in [4.69, 9.17) is 34.6 Å². The number of carbonyl (C=O) groups excluding carboxylic acids is 9. The molecule has 33 heteroatoms. The number of nitrogens with one attached hydrogen (secondary N) is 2. The van der Waals surface area contributed by atoms with Crippen LogP contribution in [0.4, 0.5) is 0 Å². The third-order valence-electron chi connectivity index (χ3n) is 20.4. The van der Waals surface area contributed by atoms with Crippen molar-refractivity contribution in [2.24, 2.45) is 35.8 Å². The molecule has 0 aliphatic carbocycles. The fourth-order valence-corrected chi connectivity index (χ4v) is 14.8. The molecule has 0 spiro atoms. The van der Waals surface area contributed by atoms with Crippen LogP contribution in [0.15, 0.2) is 150 Å². The molecule has 754 valence electrons. The van der Waals surface area contributed by atoms with Crippen molar-refractivity contribution in [2.75, 3.05) is 45.3 Å². The highest BCUT2D eigenvalue weighted by Crippen LogP contribution is 2.40. The number of ketones is 4. The van der Waals surface area contributed by atoms with E-state index in [2.05, 4.69) is 139 Å². The highest BCUT2D eigenvalue weighted by molar-refractivity contribution is 8.77. The fourth-order valence-electron chi connectivity index (χ4n) is 11.8. The molecule has 1 aliphatic rings. The maximum Gasteiger partial charge on any atom is 0.332 e. The molecule has 10 N–H and O–H groups in total. The first-order valence-electron chi connectivity index (χ1n) is 46.5. The van der Waals surface area contributed by atoms with Crippen LogP contribution in [0, 0.1) is 21.7 Å². The van der Waals surface area contributed by atoms with E-state index in [1.807, 2.05) is 39.8 Å². The second-order valence-corrected chi connectivity index (χ2v) is 37.9. The number of hydrogen-bond acceptors (Lipinski definition) is 25. The monoisotopic (exact) mass is 1920 g/mol. The van der Waals surface area contributed by atoms with Gasteiger partial charge in [0.2, 0.25) is 11.8 Å². The van der Waals surface area contributed by atoms with E-state index in [0.717, 1.165) is 99.7 Å². The number of aliphatic carboxylic acids is 3. The number of imidazole rings is 1. The van der Waals surface area contributed by atoms with Gasteiger partial charge in [0.25, 0.3) is 5.56 Å². The van der Waals surface area contributed by atoms with Gasteiger partial charge < -0.3 is 79.9 Å². The third-order valence-corrected chi connectivity index (χ3v) is 23.4. The van der Waals surface area contributed by atoms with Crippen LogP contribution in [0.2, 0.25) is 0 Å². The number of unbranched alkanes of at least 4 members (excludes halogenated alkanes) is 3. The van der Waals surface area contributed by atoms with Crippen molar-refractivity contribution in [3.63, 3.8) is 0 Å². The smallest absolute Gasteiger partial charge is 0.332 e. The Morgan fingerprint density at radius 1 is 0.455 bits per heavy atom. The number of Topliss-reactive ketones (excluding diaryl/α,β-unsaturated/α-hetero) is 4. The Bertz CT molecular complexity index is 4300. The number of esters is 3. The Kier molecular flexibility index (Phi) is 71.1. The predicted octanol–water partition coefficient (Wildman–Crippen LogP) is 15.4. The number of aromatic nitrogens is 4. The lowest BCUT2D eigenvalue weighted by molar-refractivity contribution is -0.153. The zero-order valence-electron chi connectivity index (χ0n) is 81.9. The summed E-state index contributed by atoms with van der Waals surface area (Å²) in [5.74, 6) is -4.77. The van der Waals surface area contributed by atoms with E-state index >= 15 is 0 Å². The topological polar surface area (TPSA) is 480 Å². The van der Waals surface area contributed by atoms with Crippen molar-refractivity contribution in [1.82, 2.24) is 29.3 Å². The van der Waals surface area contributed by atoms with Gasteiger partial charge in [-0.1, -0.05) is 231 Å². The number of hydrogen-bond donors (Lipinski definition) is 10. The molecule has 2 aromatic heterocycles. The maximum absolute atomic E-state index is 12.3. The molecule has 1 saturated heterocycles. The first-order valence-corrected chi connectivity index (χ1v) is 48.8. The highest BCUT2D eigenvalue weighted by atomic mass is 33.1. The lowest BCUT2D eigenvalue weighted by Crippen LogP contribution is -2.46. The molecule has 3 heterocycles. The van der Waals surface area contributed by atoms with Gasteiger partial charge in [-0.15, -0.1) is 0 Å². The van der Waals surface area contributed by atoms with Crippen LogP contribution in [0.5, 0.6) is 0 Å². The normalized spacial score (nSPS) is 14.2. The summed E-state index contributed by atoms with van der Waals surface area (Å²) >= 11 is 0. The molecule has 2 aromatic rings. The van der Waals surface area contributed by atoms with Gasteiger partial charge >= 0.3 is 41.5 Å². The van der Waals surface area contributed by atoms with Gasteiger partial charge in [0.05, 0.1) is 52.0 Å². The lowest BCUT2D eigenvalue weighted by atomic mass is 9.84. The third kappa shape index (κ3) is 63.5. The van der Waals surface area contributed by atoms with Crippen molar-refractivity contribution in [3.8, 4) is 0 Å². The molecule has 134 heavy (non-hydrogen) atoms. The van der Waals surface area contributed by atoms with E-state index in [1.54, 1.807) is 80.1 Å². The predicted molar refractivity (Wildman–Crippen MR) is 528 cm³/mol. The summed E-state index contributed by atoms with van der Waals surface area (Å²) in [6.45, 7) is 19.9. The van der Waals surface area contributed by atoms with E-state index in [0.29, 0.717) is 69.0 Å². The Labute approximate surface area is 801 Å². The number of rotatable bonds is 65. The molecule has 31 nitrogen and oxygen atoms in total. The van der Waals surface area contributed by atoms with E-state index in [-0.39, 0.29) is 126 Å². The molecule has 0 saturated carbocycles. The minimum atomic E-state index is -1.43. The summed E-state index contributed by atoms with van der Waals surface area (Å²) < 4.78 is 19.7. The summed E-state index contributed by atoms with van der Waals surface area (Å²) in [6, 6.07) is 0. The fraction of sp³-hybridized carbons (Fsp3) is 0.614. The summed E-state index contributed by atoms with van der Waals surface area (Å²) in [4.78, 5) is 165. The number of allylic oxidation sites excluding steroid dienone is 21. The average Bonchev–Trinajstić information content (AvgIpc) is 1.59. The summed E-state index contributed by atoms with van der Waals surface area (Å²) in [6.07, 6.45) is 61.8. The number of aliphatic hydroxyl groups excluding tert-OH is 5. The number of amides is 2. The SMILES string of the molecule is CC(=O)CCCC(=O)[C@H](O)C(C)(C)CO.CC(=O)CCCC(=O)[C@H](O)C(C)(C)COC(=O)CCCC[C@@H]1CCSS1.CC/C=C\C/C=C\C/C=C\C/C=C\C/C=C\C/C=C\CC(=O)OCC(C)(C)[C@@H](O)C(=O)NCCC(=O)O.CC/C=C\C/C=C\C/C=C\C/C=C\C/C=C\CCCC(=O)OCC(C)(C)[C@@H](O)C(=O)NCCC(=O)O.Cn1cnc2c1c(=O)n(CCCCC(=O)O)c(=O)n2C. The lowest BCUT2D eigenvalue weighted by Gasteiger charge is -2.29. The molecule has 0 unspecified atom stereocenters. The molecule has 0 aromatic carbocycles. The highest BCUT2D eigenvalue weighted by Gasteiger charge is 2.38. The number of aliphatic hydroxyl groups is 5. The minimum Gasteiger partial charge on any atom is -0.481 e. The maximum atomic E-state index is 12.3. The standard InChI is InChI=1S/C30H45NO6.C29H45NO6.C19H32O5S2.C12H16N4O4.C11H20O4/c1-4-5-6-7-8-9-10-11-12-13-14-15-16-17-18-19-20-21-22-27(34)37-25-30(2,3)28(35)29(36)31-24-23-26(32)33;1-4-5-6-7-8-9-10-11-12-13-14-15-16-17-18-19-20-21-26(33)36-24-29(2,3)27(34)28(35)30-23-22-25(31)32;1-14(20)7-6-9-16(21)18(23)19(2,3)13-24-17(22)10-5-4-8-15-11-12-25-26-15;1-14-7-13-10-9(14)11(19)16(12(20)15(10)2)6-4-3-5-8(17)18;1-8(13)5-4-6-9(14)10(15)11(2,3)7-12/h5-6,8-9,11-12,14-15,17-18,20-21,28,35H,4,7,10,13,16,19,22-25H2,1-3H3,(H,31,36)(H,32,33);5-6,8-9,11-12,14-15,17-18,27,34H,4,7,10,13,16,19-24H2,1-3H3,(H,30,35)(H,31,32);15,18,23H,4-13H2,1-3H3;7H,3-6H2,1-2H3,(H,17,18);10,12,15H,4-7H2,1-3H3/b6-5-,9-8-,12-11-,15-14-,18-17-,21-20-;6-5-,9-8-,12-11-,15-14-,18-17-;;;/t28-;27-;15-,18+;;10-/m001.0/s1. The van der Waals surface area contributed by atoms with Crippen molar-refractivity contribution in [2.45, 2.75) is 318 Å². The second-order valence-electron chi connectivity index (χ2n) is 35.1. The van der Waals surface area contributed by atoms with Crippen molar-refractivity contribution >= 4 is 104 Å². The van der Waals surface area contributed by atoms with Gasteiger partial charge in [0.15, 0.2) is 22.7 Å². The van der Waals surface area contributed by atoms with Gasteiger partial charge in [-0.25, -0.2) is 9.78 Å². The van der Waals surface area contributed by atoms with Gasteiger partial charge in [0.1, 0.15) is 36.0 Å². The van der Waals surface area contributed by atoms with E-state index < -0.39 is 93.0 Å². The van der Waals surface area contributed by atoms with Crippen LogP contribution in [0.25, 0.3) is 11.2 Å². The molecular weight excluding hydrogens is 1760 g/mol. The van der Waals surface area contributed by atoms with Crippen LogP contribution in [0.1, 0.15) is 282 Å². The molecule has 3 rings (SSSR count). The van der Waals surface area contributed by atoms with E-state index in [1.165, 1.54) is 36.9 Å². The van der Waals surface area contributed by atoms with Gasteiger partial charge in [0, 0.05) is 111 Å². The minimum absolute atomic E-state index is 0.0144. The van der Waals surface area contributed by atoms with Crippen LogP contribution in [0.3, 0.4) is 0 Å². The molecule has 5 atom stereocenters. The summed E-state index contributed by atoms with van der Waals surface area (Å²) in [5.41, 5.74) is -3.76. The van der Waals surface area contributed by atoms with Gasteiger partial charge in [-0.3, -0.25) is 61.9 Å². The first kappa shape index (κ1) is 126. The number of nitrogens with zero attached hydrogens (tertiary/aromatic N) is 4. The number of carbonyl (C=O) groups is 12. The molecule has 0 radical (unpaired) electrons. The average molecular weight is 1920 g/mol. The second kappa shape index (κ2) is 75.4. The quantitative estimate of drug-likeness (QED) is 0.00966. The Morgan fingerprint density at radius 2 is 0.821 bits per heavy atom. The van der Waals surface area contributed by atoms with Crippen LogP contribution >= 0.6 is 21.6 Å². The number of fused-ring (bicyclic) bond motifs is 1. The number of ether oxygens (including phenoxy) is 3. The van der Waals surface area contributed by atoms with Crippen LogP contribution in [-0.4, -0.2) is 205 Å². The number of aryl methyl sites for hydroxylation is 2. The summed E-state index contributed by atoms with van der Waals surface area (Å²) in [7, 11) is 7.13. The largest absolute Gasteiger partial charge is 0.481 e. The first-order chi connectivity index (χ1) is 63.4.